The number of ether oxygens (including phenoxy) is 3. The van der Waals surface area contributed by atoms with Crippen LogP contribution >= 0.6 is 0 Å². The van der Waals surface area contributed by atoms with Crippen molar-refractivity contribution in [1.82, 2.24) is 4.98 Å². The molecule has 0 aliphatic carbocycles. The first-order chi connectivity index (χ1) is 15.0. The average Bonchev–Trinajstić information content (AvgIpc) is 2.67. The van der Waals surface area contributed by atoms with Gasteiger partial charge < -0.3 is 25.7 Å². The lowest BCUT2D eigenvalue weighted by Gasteiger charge is -2.27. The van der Waals surface area contributed by atoms with Crippen molar-refractivity contribution >= 4 is 29.0 Å². The van der Waals surface area contributed by atoms with E-state index in [2.05, 4.69) is 15.2 Å². The Kier molecular flexibility index (Phi) is 8.68. The number of anilines is 2. The lowest BCUT2D eigenvalue weighted by molar-refractivity contribution is -0.137. The van der Waals surface area contributed by atoms with E-state index in [0.717, 1.165) is 0 Å². The number of hydrogen-bond donors (Lipinski definition) is 2. The molecule has 1 aromatic heterocycles. The van der Waals surface area contributed by atoms with Gasteiger partial charge in [0.1, 0.15) is 17.2 Å². The molecule has 0 atom stereocenters. The fraction of sp³-hybridized carbons (Fsp3) is 0.478. The van der Waals surface area contributed by atoms with Gasteiger partial charge in [0, 0.05) is 6.61 Å². The van der Waals surface area contributed by atoms with Crippen molar-refractivity contribution in [1.29, 1.82) is 0 Å². The second-order valence-corrected chi connectivity index (χ2v) is 8.85. The van der Waals surface area contributed by atoms with E-state index in [1.54, 1.807) is 36.4 Å². The Balaban J connectivity index is 1.89. The Labute approximate surface area is 189 Å². The topological polar surface area (TPSA) is 134 Å². The molecule has 0 unspecified atom stereocenters. The monoisotopic (exact) mass is 443 g/mol. The minimum atomic E-state index is -0.428. The summed E-state index contributed by atoms with van der Waals surface area (Å²) in [6.07, 6.45) is 0.815. The first kappa shape index (κ1) is 25.2. The van der Waals surface area contributed by atoms with Gasteiger partial charge in [-0.1, -0.05) is 12.1 Å². The van der Waals surface area contributed by atoms with Crippen LogP contribution < -0.4 is 16.2 Å². The van der Waals surface area contributed by atoms with Crippen LogP contribution in [0, 0.1) is 0 Å². The van der Waals surface area contributed by atoms with E-state index in [1.807, 2.05) is 34.6 Å². The van der Waals surface area contributed by atoms with Gasteiger partial charge in [-0.05, 0) is 65.3 Å². The molecule has 1 aromatic carbocycles. The van der Waals surface area contributed by atoms with E-state index in [0.29, 0.717) is 36.0 Å². The molecule has 0 radical (unpaired) electrons. The van der Waals surface area contributed by atoms with Crippen molar-refractivity contribution in [2.75, 3.05) is 24.7 Å². The van der Waals surface area contributed by atoms with Gasteiger partial charge in [-0.2, -0.15) is 0 Å². The van der Waals surface area contributed by atoms with E-state index in [4.69, 9.17) is 25.7 Å². The number of aromatic nitrogens is 1. The Morgan fingerprint density at radius 3 is 2.31 bits per heavy atom. The molecule has 174 valence electrons. The highest BCUT2D eigenvalue weighted by molar-refractivity contribution is 5.74. The van der Waals surface area contributed by atoms with Crippen LogP contribution in [0.3, 0.4) is 0 Å². The van der Waals surface area contributed by atoms with E-state index < -0.39 is 11.6 Å². The molecule has 0 fully saturated rings. The van der Waals surface area contributed by atoms with Gasteiger partial charge in [0.15, 0.2) is 11.6 Å². The molecule has 0 aliphatic rings. The molecule has 9 nitrogen and oxygen atoms in total. The maximum Gasteiger partial charge on any atom is 0.313 e. The number of hydrogen-bond acceptors (Lipinski definition) is 9. The number of carbonyl (C=O) groups excluding carboxylic acids is 1. The zero-order valence-corrected chi connectivity index (χ0v) is 19.4. The van der Waals surface area contributed by atoms with Crippen molar-refractivity contribution in [3.63, 3.8) is 0 Å². The number of carbonyl (C=O) groups is 1. The lowest BCUT2D eigenvalue weighted by atomic mass is 10.1. The van der Waals surface area contributed by atoms with E-state index in [1.165, 1.54) is 0 Å². The maximum absolute atomic E-state index is 12.3. The summed E-state index contributed by atoms with van der Waals surface area (Å²) in [4.78, 5) is 16.3. The minimum absolute atomic E-state index is 0.101. The molecule has 32 heavy (non-hydrogen) atoms. The van der Waals surface area contributed by atoms with Gasteiger partial charge in [-0.15, -0.1) is 10.2 Å². The van der Waals surface area contributed by atoms with Crippen molar-refractivity contribution in [2.45, 2.75) is 58.7 Å². The highest BCUT2D eigenvalue weighted by atomic mass is 16.5. The lowest BCUT2D eigenvalue weighted by Crippen LogP contribution is -2.30. The van der Waals surface area contributed by atoms with E-state index in [-0.39, 0.29) is 24.4 Å². The van der Waals surface area contributed by atoms with Crippen LogP contribution in [0.25, 0.3) is 0 Å². The van der Waals surface area contributed by atoms with Gasteiger partial charge in [0.2, 0.25) is 0 Å². The van der Waals surface area contributed by atoms with E-state index >= 15 is 0 Å². The summed E-state index contributed by atoms with van der Waals surface area (Å²) in [5.74, 6) is 0.322. The minimum Gasteiger partial charge on any atom is -0.424 e. The molecule has 9 heteroatoms. The van der Waals surface area contributed by atoms with E-state index in [9.17, 15) is 4.79 Å². The quantitative estimate of drug-likeness (QED) is 0.301. The van der Waals surface area contributed by atoms with Gasteiger partial charge in [0.25, 0.3) is 0 Å². The molecule has 0 bridgehead atoms. The number of nitrogens with zero attached hydrogens (tertiary/aromatic N) is 3. The van der Waals surface area contributed by atoms with Crippen LogP contribution in [-0.4, -0.2) is 35.4 Å². The van der Waals surface area contributed by atoms with Crippen LogP contribution in [0.4, 0.5) is 23.0 Å². The number of para-hydroxylation sites is 1. The summed E-state index contributed by atoms with van der Waals surface area (Å²) in [7, 11) is 0. The molecule has 0 saturated heterocycles. The number of nitrogens with two attached hydrogens (primary N) is 2. The summed E-state index contributed by atoms with van der Waals surface area (Å²) in [6.45, 7) is 10.8. The number of benzene rings is 1. The summed E-state index contributed by atoms with van der Waals surface area (Å²) in [6, 6.07) is 10.0. The highest BCUT2D eigenvalue weighted by Gasteiger charge is 2.21. The number of pyridine rings is 1. The van der Waals surface area contributed by atoms with Gasteiger partial charge in [0.05, 0.1) is 24.2 Å². The molecule has 1 heterocycles. The molecular weight excluding hydrogens is 410 g/mol. The molecule has 2 rings (SSSR count). The zero-order chi connectivity index (χ0) is 23.8. The third-order valence-electron chi connectivity index (χ3n) is 4.32. The zero-order valence-electron chi connectivity index (χ0n) is 19.4. The predicted octanol–water partition coefficient (Wildman–Crippen LogP) is 4.96. The largest absolute Gasteiger partial charge is 0.424 e. The number of esters is 1. The molecule has 4 N–H and O–H groups in total. The summed E-state index contributed by atoms with van der Waals surface area (Å²) < 4.78 is 17.1. The fourth-order valence-corrected chi connectivity index (χ4v) is 2.56. The van der Waals surface area contributed by atoms with Crippen molar-refractivity contribution in [2.24, 2.45) is 10.2 Å². The predicted molar refractivity (Wildman–Crippen MR) is 124 cm³/mol. The number of rotatable bonds is 10. The standard InChI is InChI=1S/C23H33N5O4/c1-22(2,3)30-15-13-23(4,5)31-14-12-20(29)32-18-9-7-6-8-16(18)27-28-17-10-11-19(24)26-21(17)25/h6-11H,12-15H2,1-5H3,(H4,24,25,26). The Hall–Kier alpha value is -3.04. The van der Waals surface area contributed by atoms with Gasteiger partial charge >= 0.3 is 5.97 Å². The summed E-state index contributed by atoms with van der Waals surface area (Å²) >= 11 is 0. The molecule has 2 aromatic rings. The second-order valence-electron chi connectivity index (χ2n) is 8.85. The Morgan fingerprint density at radius 1 is 0.938 bits per heavy atom. The van der Waals surface area contributed by atoms with Crippen LogP contribution in [0.15, 0.2) is 46.6 Å². The summed E-state index contributed by atoms with van der Waals surface area (Å²) in [5, 5.41) is 8.21. The van der Waals surface area contributed by atoms with Crippen LogP contribution in [0.5, 0.6) is 5.75 Å². The number of nitrogen functional groups attached to an aromatic ring is 2. The van der Waals surface area contributed by atoms with Crippen molar-refractivity contribution < 1.29 is 19.0 Å². The van der Waals surface area contributed by atoms with Crippen molar-refractivity contribution in [3.8, 4) is 5.75 Å². The Morgan fingerprint density at radius 2 is 1.62 bits per heavy atom. The van der Waals surface area contributed by atoms with Crippen LogP contribution in [0.1, 0.15) is 47.5 Å². The molecular formula is C23H33N5O4. The highest BCUT2D eigenvalue weighted by Crippen LogP contribution is 2.30. The first-order valence-electron chi connectivity index (χ1n) is 10.5. The first-order valence-corrected chi connectivity index (χ1v) is 10.5. The average molecular weight is 444 g/mol. The Bertz CT molecular complexity index is 938. The van der Waals surface area contributed by atoms with Crippen molar-refractivity contribution in [3.05, 3.63) is 36.4 Å². The van der Waals surface area contributed by atoms with Gasteiger partial charge in [-0.25, -0.2) is 4.98 Å². The second kappa shape index (κ2) is 11.0. The maximum atomic E-state index is 12.3. The molecule has 0 saturated carbocycles. The number of azo groups is 1. The SMILES string of the molecule is CC(C)(C)OCCC(C)(C)OCCC(=O)Oc1ccccc1N=Nc1ccc(N)nc1N. The molecule has 0 aliphatic heterocycles. The molecule has 0 amide bonds. The van der Waals surface area contributed by atoms with Crippen LogP contribution in [0.2, 0.25) is 0 Å². The third kappa shape index (κ3) is 8.99. The molecule has 0 spiro atoms. The summed E-state index contributed by atoms with van der Waals surface area (Å²) in [5.41, 5.74) is 11.5. The fourth-order valence-electron chi connectivity index (χ4n) is 2.56. The normalized spacial score (nSPS) is 12.3. The third-order valence-corrected chi connectivity index (χ3v) is 4.32. The van der Waals surface area contributed by atoms with Gasteiger partial charge in [-0.3, -0.25) is 4.79 Å². The van der Waals surface area contributed by atoms with Crippen LogP contribution in [-0.2, 0) is 14.3 Å². The smallest absolute Gasteiger partial charge is 0.313 e.